The first kappa shape index (κ1) is 11.2. The Labute approximate surface area is 72.8 Å². The van der Waals surface area contributed by atoms with Gasteiger partial charge in [0.15, 0.2) is 0 Å². The topological polar surface area (TPSA) is 3.24 Å². The van der Waals surface area contributed by atoms with E-state index >= 15 is 0 Å². The SMILES string of the molecule is CC[Si](CC)(CC)CN(C)C. The summed E-state index contributed by atoms with van der Waals surface area (Å²) in [6, 6.07) is 4.33. The molecule has 0 spiro atoms. The standard InChI is InChI=1S/C9H23NSi/c1-6-11(7-2,8-3)9-10(4)5/h6-9H2,1-5H3. The number of nitrogens with zero attached hydrogens (tertiary/aromatic N) is 1. The molecule has 1 nitrogen and oxygen atoms in total. The Morgan fingerprint density at radius 3 is 1.36 bits per heavy atom. The van der Waals surface area contributed by atoms with E-state index in [2.05, 4.69) is 39.8 Å². The second-order valence-corrected chi connectivity index (χ2v) is 9.24. The Hall–Kier alpha value is 0.177. The highest BCUT2D eigenvalue weighted by Gasteiger charge is 2.26. The van der Waals surface area contributed by atoms with Crippen LogP contribution < -0.4 is 0 Å². The van der Waals surface area contributed by atoms with E-state index in [1.165, 1.54) is 24.3 Å². The van der Waals surface area contributed by atoms with E-state index in [9.17, 15) is 0 Å². The minimum atomic E-state index is -0.855. The van der Waals surface area contributed by atoms with Crippen molar-refractivity contribution >= 4 is 8.07 Å². The number of hydrogen-bond acceptors (Lipinski definition) is 1. The Bertz CT molecular complexity index is 89.5. The Morgan fingerprint density at radius 2 is 1.27 bits per heavy atom. The van der Waals surface area contributed by atoms with Crippen molar-refractivity contribution in [3.05, 3.63) is 0 Å². The molecule has 0 saturated heterocycles. The van der Waals surface area contributed by atoms with Gasteiger partial charge in [-0.1, -0.05) is 38.9 Å². The quantitative estimate of drug-likeness (QED) is 0.578. The second-order valence-electron chi connectivity index (χ2n) is 3.80. The third-order valence-electron chi connectivity index (χ3n) is 2.90. The van der Waals surface area contributed by atoms with Crippen LogP contribution in [0.25, 0.3) is 0 Å². The van der Waals surface area contributed by atoms with Gasteiger partial charge in [0, 0.05) is 0 Å². The Morgan fingerprint density at radius 1 is 0.909 bits per heavy atom. The highest BCUT2D eigenvalue weighted by atomic mass is 28.3. The van der Waals surface area contributed by atoms with E-state index in [1.54, 1.807) is 0 Å². The van der Waals surface area contributed by atoms with Crippen molar-refractivity contribution < 1.29 is 0 Å². The molecule has 68 valence electrons. The predicted molar refractivity (Wildman–Crippen MR) is 55.8 cm³/mol. The minimum absolute atomic E-state index is 0.855. The van der Waals surface area contributed by atoms with Gasteiger partial charge in [0.1, 0.15) is 0 Å². The lowest BCUT2D eigenvalue weighted by atomic mass is 10.9. The molecule has 0 aromatic rings. The molecule has 0 aromatic carbocycles. The van der Waals surface area contributed by atoms with Crippen LogP contribution in [0.15, 0.2) is 0 Å². The fraction of sp³-hybridized carbons (Fsp3) is 1.00. The molecule has 0 saturated carbocycles. The summed E-state index contributed by atoms with van der Waals surface area (Å²) in [6.45, 7) is 7.09. The monoisotopic (exact) mass is 173 g/mol. The maximum absolute atomic E-state index is 2.36. The summed E-state index contributed by atoms with van der Waals surface area (Å²) in [5.74, 6) is 0. The third kappa shape index (κ3) is 3.39. The molecule has 0 aliphatic carbocycles. The van der Waals surface area contributed by atoms with Crippen LogP contribution in [0, 0.1) is 0 Å². The normalized spacial score (nSPS) is 12.5. The van der Waals surface area contributed by atoms with Crippen molar-refractivity contribution in [2.75, 3.05) is 20.3 Å². The molecule has 11 heavy (non-hydrogen) atoms. The summed E-state index contributed by atoms with van der Waals surface area (Å²) < 4.78 is 0. The molecule has 0 amide bonds. The summed E-state index contributed by atoms with van der Waals surface area (Å²) in [5, 5.41) is 0. The zero-order valence-corrected chi connectivity index (χ0v) is 9.78. The van der Waals surface area contributed by atoms with Crippen LogP contribution >= 0.6 is 0 Å². The molecule has 0 bridgehead atoms. The van der Waals surface area contributed by atoms with Crippen molar-refractivity contribution in [3.8, 4) is 0 Å². The largest absolute Gasteiger partial charge is 0.312 e. The van der Waals surface area contributed by atoms with Gasteiger partial charge in [0.05, 0.1) is 8.07 Å². The van der Waals surface area contributed by atoms with E-state index in [4.69, 9.17) is 0 Å². The van der Waals surface area contributed by atoms with Gasteiger partial charge in [-0.3, -0.25) is 0 Å². The average Bonchev–Trinajstić information content (AvgIpc) is 2.00. The molecular formula is C9H23NSi. The van der Waals surface area contributed by atoms with Crippen molar-refractivity contribution in [2.24, 2.45) is 0 Å². The smallest absolute Gasteiger partial charge is 0.0682 e. The first-order valence-corrected chi connectivity index (χ1v) is 7.57. The van der Waals surface area contributed by atoms with Crippen LogP contribution in [0.5, 0.6) is 0 Å². The lowest BCUT2D eigenvalue weighted by Gasteiger charge is -2.31. The van der Waals surface area contributed by atoms with E-state index in [0.29, 0.717) is 0 Å². The van der Waals surface area contributed by atoms with E-state index < -0.39 is 8.07 Å². The fourth-order valence-electron chi connectivity index (χ4n) is 1.76. The maximum Gasteiger partial charge on any atom is 0.0682 e. The van der Waals surface area contributed by atoms with Crippen molar-refractivity contribution in [1.29, 1.82) is 0 Å². The van der Waals surface area contributed by atoms with Crippen molar-refractivity contribution in [3.63, 3.8) is 0 Å². The Balaban J connectivity index is 4.05. The summed E-state index contributed by atoms with van der Waals surface area (Å²) in [6.07, 6.45) is 1.37. The van der Waals surface area contributed by atoms with Crippen LogP contribution in [0.1, 0.15) is 20.8 Å². The van der Waals surface area contributed by atoms with Gasteiger partial charge < -0.3 is 4.90 Å². The lowest BCUT2D eigenvalue weighted by Crippen LogP contribution is -2.43. The van der Waals surface area contributed by atoms with E-state index in [1.807, 2.05) is 0 Å². The van der Waals surface area contributed by atoms with E-state index in [0.717, 1.165) is 0 Å². The van der Waals surface area contributed by atoms with Crippen LogP contribution in [0.3, 0.4) is 0 Å². The van der Waals surface area contributed by atoms with Gasteiger partial charge in [0.2, 0.25) is 0 Å². The van der Waals surface area contributed by atoms with Crippen LogP contribution in [-0.2, 0) is 0 Å². The molecule has 0 aliphatic heterocycles. The van der Waals surface area contributed by atoms with Gasteiger partial charge in [-0.2, -0.15) is 0 Å². The van der Waals surface area contributed by atoms with Gasteiger partial charge in [-0.15, -0.1) is 0 Å². The molecule has 0 rings (SSSR count). The van der Waals surface area contributed by atoms with Crippen LogP contribution in [0.2, 0.25) is 18.1 Å². The predicted octanol–water partition coefficient (Wildman–Crippen LogP) is 2.60. The van der Waals surface area contributed by atoms with Gasteiger partial charge in [-0.05, 0) is 20.3 Å². The molecule has 0 atom stereocenters. The molecule has 0 unspecified atom stereocenters. The molecule has 0 radical (unpaired) electrons. The summed E-state index contributed by atoms with van der Waals surface area (Å²) in [7, 11) is 3.54. The maximum atomic E-state index is 2.36. The highest BCUT2D eigenvalue weighted by molar-refractivity contribution is 6.79. The van der Waals surface area contributed by atoms with E-state index in [-0.39, 0.29) is 0 Å². The molecular weight excluding hydrogens is 150 g/mol. The van der Waals surface area contributed by atoms with Gasteiger partial charge in [-0.25, -0.2) is 0 Å². The molecule has 0 N–H and O–H groups in total. The van der Waals surface area contributed by atoms with Crippen LogP contribution in [0.4, 0.5) is 0 Å². The summed E-state index contributed by atoms with van der Waals surface area (Å²) in [5.41, 5.74) is 0. The molecule has 0 fully saturated rings. The van der Waals surface area contributed by atoms with Crippen molar-refractivity contribution in [1.82, 2.24) is 4.90 Å². The number of hydrogen-bond donors (Lipinski definition) is 0. The molecule has 0 aromatic heterocycles. The minimum Gasteiger partial charge on any atom is -0.312 e. The highest BCUT2D eigenvalue weighted by Crippen LogP contribution is 2.20. The first-order valence-electron chi connectivity index (χ1n) is 4.75. The van der Waals surface area contributed by atoms with Crippen LogP contribution in [-0.4, -0.2) is 33.2 Å². The first-order chi connectivity index (χ1) is 5.10. The van der Waals surface area contributed by atoms with Crippen molar-refractivity contribution in [2.45, 2.75) is 38.9 Å². The second kappa shape index (κ2) is 4.94. The third-order valence-corrected chi connectivity index (χ3v) is 8.70. The lowest BCUT2D eigenvalue weighted by molar-refractivity contribution is 0.467. The zero-order chi connectivity index (χ0) is 8.91. The zero-order valence-electron chi connectivity index (χ0n) is 8.78. The average molecular weight is 173 g/mol. The Kier molecular flexibility index (Phi) is 5.02. The summed E-state index contributed by atoms with van der Waals surface area (Å²) in [4.78, 5) is 2.36. The fourth-order valence-corrected chi connectivity index (χ4v) is 5.27. The molecule has 2 heteroatoms. The van der Waals surface area contributed by atoms with Gasteiger partial charge in [0.25, 0.3) is 0 Å². The molecule has 0 heterocycles. The number of rotatable bonds is 5. The molecule has 0 aliphatic rings. The van der Waals surface area contributed by atoms with Gasteiger partial charge >= 0.3 is 0 Å². The summed E-state index contributed by atoms with van der Waals surface area (Å²) >= 11 is 0.